The first-order valence-electron chi connectivity index (χ1n) is 8.80. The fourth-order valence-electron chi connectivity index (χ4n) is 3.04. The zero-order valence-corrected chi connectivity index (χ0v) is 17.2. The molecule has 0 spiro atoms. The van der Waals surface area contributed by atoms with E-state index in [9.17, 15) is 9.59 Å². The number of nitrogens with one attached hydrogen (secondary N) is 1. The Hall–Kier alpha value is -1.06. The van der Waals surface area contributed by atoms with Crippen molar-refractivity contribution in [3.05, 3.63) is 5.20 Å². The van der Waals surface area contributed by atoms with Crippen molar-refractivity contribution in [2.24, 2.45) is 5.92 Å². The molecule has 0 radical (unpaired) electrons. The van der Waals surface area contributed by atoms with Gasteiger partial charge in [-0.05, 0) is 33.1 Å². The molecule has 0 aromatic rings. The van der Waals surface area contributed by atoms with Gasteiger partial charge in [0, 0.05) is 5.20 Å². The minimum atomic E-state index is -1.88. The van der Waals surface area contributed by atoms with Crippen LogP contribution in [-0.4, -0.2) is 31.8 Å². The number of hydrogen-bond acceptors (Lipinski definition) is 3. The van der Waals surface area contributed by atoms with Gasteiger partial charge in [-0.25, -0.2) is 9.59 Å². The molecule has 1 amide bonds. The normalized spacial score (nSPS) is 13.4. The quantitative estimate of drug-likeness (QED) is 0.513. The monoisotopic (exact) mass is 341 g/mol. The molecular weight excluding hydrogens is 306 g/mol. The summed E-state index contributed by atoms with van der Waals surface area (Å²) in [6.07, 6.45) is 0.278. The van der Waals surface area contributed by atoms with E-state index in [1.54, 1.807) is 0 Å². The van der Waals surface area contributed by atoms with Gasteiger partial charge in [0.2, 0.25) is 0 Å². The molecule has 1 N–H and O–H groups in total. The van der Waals surface area contributed by atoms with Crippen LogP contribution in [0.15, 0.2) is 5.20 Å². The molecule has 0 bridgehead atoms. The van der Waals surface area contributed by atoms with E-state index in [1.165, 1.54) is 0 Å². The van der Waals surface area contributed by atoms with Crippen LogP contribution in [0.1, 0.15) is 61.8 Å². The number of amides is 1. The van der Waals surface area contributed by atoms with Gasteiger partial charge in [0.25, 0.3) is 0 Å². The van der Waals surface area contributed by atoms with Crippen LogP contribution in [0.3, 0.4) is 0 Å². The van der Waals surface area contributed by atoms with Crippen LogP contribution < -0.4 is 5.32 Å². The third-order valence-electron chi connectivity index (χ3n) is 4.46. The first-order valence-corrected chi connectivity index (χ1v) is 11.4. The Morgan fingerprint density at radius 3 is 1.91 bits per heavy atom. The smallest absolute Gasteiger partial charge is 0.408 e. The third kappa shape index (κ3) is 6.92. The fourth-order valence-corrected chi connectivity index (χ4v) is 6.83. The molecular formula is C18H35NO3Si. The minimum Gasteiger partial charge on any atom is -0.444 e. The van der Waals surface area contributed by atoms with Crippen LogP contribution in [0, 0.1) is 5.92 Å². The number of alkyl carbamates (subject to hydrolysis) is 1. The van der Waals surface area contributed by atoms with Gasteiger partial charge in [0.15, 0.2) is 0 Å². The molecule has 0 saturated heterocycles. The summed E-state index contributed by atoms with van der Waals surface area (Å²) in [5.41, 5.74) is -0.549. The second kappa shape index (κ2) is 9.29. The molecule has 1 atom stereocenters. The lowest BCUT2D eigenvalue weighted by Crippen LogP contribution is -2.49. The maximum atomic E-state index is 12.2. The van der Waals surface area contributed by atoms with E-state index in [2.05, 4.69) is 45.9 Å². The van der Waals surface area contributed by atoms with Crippen molar-refractivity contribution in [3.8, 4) is 0 Å². The Morgan fingerprint density at radius 2 is 1.61 bits per heavy atom. The maximum Gasteiger partial charge on any atom is 0.408 e. The highest BCUT2D eigenvalue weighted by molar-refractivity contribution is 6.87. The maximum absolute atomic E-state index is 12.2. The number of carbonyl (C=O) groups excluding carboxylic acids is 2. The predicted octanol–water partition coefficient (Wildman–Crippen LogP) is 4.73. The molecule has 0 rings (SSSR count). The van der Waals surface area contributed by atoms with Crippen molar-refractivity contribution in [2.75, 3.05) is 0 Å². The minimum absolute atomic E-state index is 0.270. The van der Waals surface area contributed by atoms with Gasteiger partial charge in [-0.1, -0.05) is 52.8 Å². The van der Waals surface area contributed by atoms with Crippen LogP contribution in [-0.2, 0) is 9.53 Å². The molecule has 0 aromatic carbocycles. The molecule has 0 aliphatic rings. The molecule has 134 valence electrons. The molecule has 0 fully saturated rings. The van der Waals surface area contributed by atoms with Crippen LogP contribution in [0.4, 0.5) is 4.79 Å². The van der Waals surface area contributed by atoms with E-state index in [0.717, 1.165) is 29.7 Å². The van der Waals surface area contributed by atoms with Gasteiger partial charge in [-0.2, -0.15) is 0 Å². The van der Waals surface area contributed by atoms with E-state index >= 15 is 0 Å². The van der Waals surface area contributed by atoms with Crippen LogP contribution >= 0.6 is 0 Å². The summed E-state index contributed by atoms with van der Waals surface area (Å²) < 4.78 is 5.38. The van der Waals surface area contributed by atoms with Crippen molar-refractivity contribution in [1.82, 2.24) is 5.32 Å². The lowest BCUT2D eigenvalue weighted by molar-refractivity contribution is 0.0509. The Balaban J connectivity index is 5.51. The van der Waals surface area contributed by atoms with E-state index in [0.29, 0.717) is 5.92 Å². The Bertz CT molecular complexity index is 422. The molecule has 0 aromatic heterocycles. The average molecular weight is 342 g/mol. The van der Waals surface area contributed by atoms with Gasteiger partial charge in [-0.15, -0.1) is 0 Å². The summed E-state index contributed by atoms with van der Waals surface area (Å²) >= 11 is 0. The molecule has 4 nitrogen and oxygen atoms in total. The third-order valence-corrected chi connectivity index (χ3v) is 10.1. The molecule has 23 heavy (non-hydrogen) atoms. The fraction of sp³-hybridized carbons (Fsp3) is 0.833. The highest BCUT2D eigenvalue weighted by atomic mass is 28.3. The molecule has 5 heteroatoms. The van der Waals surface area contributed by atoms with Gasteiger partial charge >= 0.3 is 6.09 Å². The zero-order chi connectivity index (χ0) is 18.3. The Labute approximate surface area is 143 Å². The molecule has 0 saturated carbocycles. The standard InChI is InChI=1S/C18H35NO3Si/c1-9-23(10-2,11-3)16(13-20)15(12-14(4)5)19-17(21)22-18(6,7)8/h14-15H,9-12H2,1-8H3,(H,19,21)/t15-/m0/s1. The Morgan fingerprint density at radius 1 is 1.13 bits per heavy atom. The van der Waals surface area contributed by atoms with Crippen LogP contribution in [0.2, 0.25) is 18.1 Å². The summed E-state index contributed by atoms with van der Waals surface area (Å²) in [6.45, 7) is 16.2. The van der Waals surface area contributed by atoms with Crippen molar-refractivity contribution in [1.29, 1.82) is 0 Å². The molecule has 0 heterocycles. The number of ether oxygens (including phenoxy) is 1. The molecule has 0 unspecified atom stereocenters. The van der Waals surface area contributed by atoms with E-state index < -0.39 is 19.8 Å². The van der Waals surface area contributed by atoms with Gasteiger partial charge < -0.3 is 10.1 Å². The largest absolute Gasteiger partial charge is 0.444 e. The van der Waals surface area contributed by atoms with Gasteiger partial charge in [0.05, 0.1) is 14.1 Å². The van der Waals surface area contributed by atoms with Crippen LogP contribution in [0.5, 0.6) is 0 Å². The lowest BCUT2D eigenvalue weighted by atomic mass is 10.0. The van der Waals surface area contributed by atoms with Crippen molar-refractivity contribution >= 4 is 20.1 Å². The van der Waals surface area contributed by atoms with Gasteiger partial charge in [0.1, 0.15) is 11.5 Å². The summed E-state index contributed by atoms with van der Waals surface area (Å²) in [5, 5.41) is 3.75. The van der Waals surface area contributed by atoms with E-state index in [1.807, 2.05) is 20.8 Å². The first kappa shape index (κ1) is 21.9. The van der Waals surface area contributed by atoms with Gasteiger partial charge in [-0.3, -0.25) is 0 Å². The first-order chi connectivity index (χ1) is 10.5. The van der Waals surface area contributed by atoms with Crippen molar-refractivity contribution in [3.63, 3.8) is 0 Å². The van der Waals surface area contributed by atoms with Crippen molar-refractivity contribution < 1.29 is 14.3 Å². The zero-order valence-electron chi connectivity index (χ0n) is 16.2. The van der Waals surface area contributed by atoms with Crippen LogP contribution in [0.25, 0.3) is 0 Å². The second-order valence-electron chi connectivity index (χ2n) is 7.69. The topological polar surface area (TPSA) is 55.4 Å². The second-order valence-corrected chi connectivity index (χ2v) is 12.9. The highest BCUT2D eigenvalue weighted by Crippen LogP contribution is 2.31. The average Bonchev–Trinajstić information content (AvgIpc) is 2.41. The summed E-state index contributed by atoms with van der Waals surface area (Å²) in [6, 6.07) is 2.72. The highest BCUT2D eigenvalue weighted by Gasteiger charge is 2.38. The van der Waals surface area contributed by atoms with E-state index in [4.69, 9.17) is 4.74 Å². The summed E-state index contributed by atoms with van der Waals surface area (Å²) in [4.78, 5) is 24.0. The SMILES string of the molecule is CC[Si](CC)(CC)C(=C=O)[C@H](CC(C)C)NC(=O)OC(C)(C)C. The summed E-state index contributed by atoms with van der Waals surface area (Å²) in [7, 11) is -1.88. The lowest BCUT2D eigenvalue weighted by Gasteiger charge is -2.35. The molecule has 0 aliphatic heterocycles. The van der Waals surface area contributed by atoms with Crippen molar-refractivity contribution in [2.45, 2.75) is 91.6 Å². The summed E-state index contributed by atoms with van der Waals surface area (Å²) in [5.74, 6) is 2.60. The number of hydrogen-bond donors (Lipinski definition) is 1. The number of carbonyl (C=O) groups is 1. The molecule has 0 aliphatic carbocycles. The number of rotatable bonds is 8. The predicted molar refractivity (Wildman–Crippen MR) is 99.0 cm³/mol. The van der Waals surface area contributed by atoms with E-state index in [-0.39, 0.29) is 6.04 Å². The Kier molecular flexibility index (Phi) is 8.86.